The van der Waals surface area contributed by atoms with Gasteiger partial charge < -0.3 is 14.1 Å². The lowest BCUT2D eigenvalue weighted by molar-refractivity contribution is -0.117. The number of aromatic nitrogens is 1. The van der Waals surface area contributed by atoms with E-state index >= 15 is 0 Å². The Bertz CT molecular complexity index is 542. The zero-order valence-corrected chi connectivity index (χ0v) is 11.0. The van der Waals surface area contributed by atoms with E-state index in [9.17, 15) is 4.79 Å². The molecule has 0 aliphatic heterocycles. The quantitative estimate of drug-likeness (QED) is 0.781. The average molecular weight is 245 g/mol. The number of Topliss-reactive ketones (excluding diaryl/α,β-unsaturated/α-hetero) is 1. The molecule has 2 rings (SSSR count). The van der Waals surface area contributed by atoms with Crippen LogP contribution in [0.5, 0.6) is 5.75 Å². The van der Waals surface area contributed by atoms with Gasteiger partial charge in [0.15, 0.2) is 0 Å². The maximum atomic E-state index is 10.9. The van der Waals surface area contributed by atoms with Crippen molar-refractivity contribution >= 4 is 16.7 Å². The van der Waals surface area contributed by atoms with E-state index in [2.05, 4.69) is 29.0 Å². The molecular weight excluding hydrogens is 226 g/mol. The predicted molar refractivity (Wildman–Crippen MR) is 73.0 cm³/mol. The van der Waals surface area contributed by atoms with Crippen molar-refractivity contribution in [3.05, 3.63) is 30.5 Å². The Kier molecular flexibility index (Phi) is 4.03. The van der Waals surface area contributed by atoms with Crippen molar-refractivity contribution in [1.29, 1.82) is 0 Å². The first-order valence-electron chi connectivity index (χ1n) is 6.42. The van der Waals surface area contributed by atoms with Crippen LogP contribution >= 0.6 is 0 Å². The van der Waals surface area contributed by atoms with Crippen molar-refractivity contribution in [3.63, 3.8) is 0 Å². The number of benzene rings is 1. The summed E-state index contributed by atoms with van der Waals surface area (Å²) in [6, 6.07) is 8.22. The van der Waals surface area contributed by atoms with E-state index in [1.165, 1.54) is 10.9 Å². The van der Waals surface area contributed by atoms with E-state index in [1.807, 2.05) is 13.0 Å². The fourth-order valence-electron chi connectivity index (χ4n) is 2.13. The number of ether oxygens (including phenoxy) is 1. The molecule has 96 valence electrons. The molecule has 0 spiro atoms. The summed E-state index contributed by atoms with van der Waals surface area (Å²) in [5.41, 5.74) is 1.20. The summed E-state index contributed by atoms with van der Waals surface area (Å²) in [5, 5.41) is 1.18. The SMILES string of the molecule is CCOc1ccc2c(ccn2CCCC(C)=O)c1. The molecule has 1 aromatic heterocycles. The van der Waals surface area contributed by atoms with E-state index < -0.39 is 0 Å². The molecular formula is C15H19NO2. The zero-order chi connectivity index (χ0) is 13.0. The van der Waals surface area contributed by atoms with Crippen LogP contribution in [-0.4, -0.2) is 17.0 Å². The van der Waals surface area contributed by atoms with Gasteiger partial charge >= 0.3 is 0 Å². The first kappa shape index (κ1) is 12.7. The number of nitrogens with zero attached hydrogens (tertiary/aromatic N) is 1. The third-order valence-corrected chi connectivity index (χ3v) is 2.98. The van der Waals surface area contributed by atoms with Crippen molar-refractivity contribution in [2.75, 3.05) is 6.61 Å². The fourth-order valence-corrected chi connectivity index (χ4v) is 2.13. The number of hydrogen-bond acceptors (Lipinski definition) is 2. The molecule has 0 aliphatic rings. The second kappa shape index (κ2) is 5.71. The van der Waals surface area contributed by atoms with Crippen molar-refractivity contribution in [2.45, 2.75) is 33.2 Å². The Hall–Kier alpha value is -1.77. The number of carbonyl (C=O) groups excluding carboxylic acids is 1. The largest absolute Gasteiger partial charge is 0.494 e. The van der Waals surface area contributed by atoms with Gasteiger partial charge in [-0.25, -0.2) is 0 Å². The van der Waals surface area contributed by atoms with E-state index in [0.717, 1.165) is 18.7 Å². The van der Waals surface area contributed by atoms with Crippen LogP contribution in [0.25, 0.3) is 10.9 Å². The zero-order valence-electron chi connectivity index (χ0n) is 11.0. The molecule has 1 aromatic carbocycles. The number of ketones is 1. The van der Waals surface area contributed by atoms with Crippen LogP contribution in [0.1, 0.15) is 26.7 Å². The molecule has 0 aliphatic carbocycles. The van der Waals surface area contributed by atoms with Crippen LogP contribution in [0.4, 0.5) is 0 Å². The lowest BCUT2D eigenvalue weighted by atomic mass is 10.2. The first-order chi connectivity index (χ1) is 8.70. The lowest BCUT2D eigenvalue weighted by Gasteiger charge is -2.06. The molecule has 0 N–H and O–H groups in total. The summed E-state index contributed by atoms with van der Waals surface area (Å²) in [6.07, 6.45) is 3.61. The van der Waals surface area contributed by atoms with Crippen LogP contribution in [0, 0.1) is 0 Å². The Labute approximate surface area is 107 Å². The summed E-state index contributed by atoms with van der Waals surface area (Å²) in [7, 11) is 0. The summed E-state index contributed by atoms with van der Waals surface area (Å²) in [4.78, 5) is 10.9. The number of carbonyl (C=O) groups is 1. The minimum atomic E-state index is 0.255. The highest BCUT2D eigenvalue weighted by Gasteiger charge is 2.03. The molecule has 2 aromatic rings. The van der Waals surface area contributed by atoms with Crippen molar-refractivity contribution in [2.24, 2.45) is 0 Å². The van der Waals surface area contributed by atoms with Crippen LogP contribution in [0.15, 0.2) is 30.5 Å². The van der Waals surface area contributed by atoms with Gasteiger partial charge in [-0.05, 0) is 44.5 Å². The van der Waals surface area contributed by atoms with E-state index in [0.29, 0.717) is 13.0 Å². The molecule has 0 bridgehead atoms. The molecule has 0 atom stereocenters. The van der Waals surface area contributed by atoms with Gasteiger partial charge in [0.1, 0.15) is 11.5 Å². The minimum absolute atomic E-state index is 0.255. The van der Waals surface area contributed by atoms with Crippen molar-refractivity contribution < 1.29 is 9.53 Å². The number of hydrogen-bond donors (Lipinski definition) is 0. The summed E-state index contributed by atoms with van der Waals surface area (Å²) in [5.74, 6) is 1.16. The molecule has 1 heterocycles. The van der Waals surface area contributed by atoms with Gasteiger partial charge in [0.2, 0.25) is 0 Å². The molecule has 3 heteroatoms. The fraction of sp³-hybridized carbons (Fsp3) is 0.400. The van der Waals surface area contributed by atoms with Gasteiger partial charge in [0.05, 0.1) is 6.61 Å². The van der Waals surface area contributed by atoms with Gasteiger partial charge in [-0.2, -0.15) is 0 Å². The Balaban J connectivity index is 2.13. The summed E-state index contributed by atoms with van der Waals surface area (Å²) in [6.45, 7) is 5.20. The normalized spacial score (nSPS) is 10.8. The second-order valence-corrected chi connectivity index (χ2v) is 4.47. The Morgan fingerprint density at radius 2 is 2.17 bits per heavy atom. The first-order valence-corrected chi connectivity index (χ1v) is 6.42. The maximum Gasteiger partial charge on any atom is 0.129 e. The topological polar surface area (TPSA) is 31.2 Å². The smallest absolute Gasteiger partial charge is 0.129 e. The molecule has 0 fully saturated rings. The maximum absolute atomic E-state index is 10.9. The highest BCUT2D eigenvalue weighted by molar-refractivity contribution is 5.81. The van der Waals surface area contributed by atoms with Gasteiger partial charge in [-0.3, -0.25) is 0 Å². The van der Waals surface area contributed by atoms with Gasteiger partial charge in [-0.15, -0.1) is 0 Å². The monoisotopic (exact) mass is 245 g/mol. The van der Waals surface area contributed by atoms with E-state index in [1.54, 1.807) is 6.92 Å². The number of aryl methyl sites for hydroxylation is 1. The second-order valence-electron chi connectivity index (χ2n) is 4.47. The van der Waals surface area contributed by atoms with E-state index in [4.69, 9.17) is 4.74 Å². The minimum Gasteiger partial charge on any atom is -0.494 e. The van der Waals surface area contributed by atoms with E-state index in [-0.39, 0.29) is 5.78 Å². The predicted octanol–water partition coefficient (Wildman–Crippen LogP) is 3.41. The standard InChI is InChI=1S/C15H19NO2/c1-3-18-14-6-7-15-13(11-14)8-10-16(15)9-4-5-12(2)17/h6-8,10-11H,3-5,9H2,1-2H3. The Morgan fingerprint density at radius 3 is 2.89 bits per heavy atom. The highest BCUT2D eigenvalue weighted by atomic mass is 16.5. The highest BCUT2D eigenvalue weighted by Crippen LogP contribution is 2.22. The summed E-state index contributed by atoms with van der Waals surface area (Å²) < 4.78 is 7.67. The third-order valence-electron chi connectivity index (χ3n) is 2.98. The van der Waals surface area contributed by atoms with Crippen LogP contribution < -0.4 is 4.74 Å². The molecule has 3 nitrogen and oxygen atoms in total. The van der Waals surface area contributed by atoms with Crippen molar-refractivity contribution in [3.8, 4) is 5.75 Å². The average Bonchev–Trinajstić information content (AvgIpc) is 2.72. The third kappa shape index (κ3) is 2.92. The van der Waals surface area contributed by atoms with Gasteiger partial charge in [0, 0.05) is 30.1 Å². The van der Waals surface area contributed by atoms with Crippen LogP contribution in [0.3, 0.4) is 0 Å². The van der Waals surface area contributed by atoms with Crippen LogP contribution in [-0.2, 0) is 11.3 Å². The van der Waals surface area contributed by atoms with Gasteiger partial charge in [0.25, 0.3) is 0 Å². The van der Waals surface area contributed by atoms with Gasteiger partial charge in [-0.1, -0.05) is 0 Å². The summed E-state index contributed by atoms with van der Waals surface area (Å²) >= 11 is 0. The molecule has 0 radical (unpaired) electrons. The van der Waals surface area contributed by atoms with Crippen molar-refractivity contribution in [1.82, 2.24) is 4.57 Å². The molecule has 18 heavy (non-hydrogen) atoms. The Morgan fingerprint density at radius 1 is 1.33 bits per heavy atom. The lowest BCUT2D eigenvalue weighted by Crippen LogP contribution is -1.99. The molecule has 0 saturated heterocycles. The van der Waals surface area contributed by atoms with Crippen LogP contribution in [0.2, 0.25) is 0 Å². The number of rotatable bonds is 6. The molecule has 0 unspecified atom stereocenters. The molecule has 0 amide bonds. The number of fused-ring (bicyclic) bond motifs is 1. The molecule has 0 saturated carbocycles.